The highest BCUT2D eigenvalue weighted by Gasteiger charge is 2.24. The number of sulfonamides is 1. The second kappa shape index (κ2) is 7.67. The number of hydrogen-bond acceptors (Lipinski definition) is 6. The van der Waals surface area contributed by atoms with Crippen LogP contribution in [0, 0.1) is 13.8 Å². The Bertz CT molecular complexity index is 1020. The van der Waals surface area contributed by atoms with E-state index in [1.807, 2.05) is 0 Å². The summed E-state index contributed by atoms with van der Waals surface area (Å²) < 4.78 is 29.6. The Hall–Kier alpha value is -2.43. The van der Waals surface area contributed by atoms with Gasteiger partial charge in [0.25, 0.3) is 5.91 Å². The number of primary sulfonamides is 1. The maximum absolute atomic E-state index is 12.3. The first-order chi connectivity index (χ1) is 12.4. The van der Waals surface area contributed by atoms with Gasteiger partial charge in [-0.05, 0) is 39.0 Å². The molecule has 1 aromatic carbocycles. The summed E-state index contributed by atoms with van der Waals surface area (Å²) in [6, 6.07) is 3.38. The van der Waals surface area contributed by atoms with E-state index >= 15 is 0 Å². The van der Waals surface area contributed by atoms with Crippen molar-refractivity contribution in [3.63, 3.8) is 0 Å². The number of hydrogen-bond donors (Lipinski definition) is 2. The average molecular weight is 415 g/mol. The number of nitrogens with zero attached hydrogens (tertiary/aromatic N) is 2. The van der Waals surface area contributed by atoms with Gasteiger partial charge in [0.05, 0.1) is 32.6 Å². The Balaban J connectivity index is 2.17. The van der Waals surface area contributed by atoms with E-state index in [0.717, 1.165) is 11.8 Å². The Kier molecular flexibility index (Phi) is 5.93. The van der Waals surface area contributed by atoms with Crippen molar-refractivity contribution in [2.24, 2.45) is 12.2 Å². The van der Waals surface area contributed by atoms with Gasteiger partial charge in [0.15, 0.2) is 6.10 Å². The zero-order valence-corrected chi connectivity index (χ0v) is 16.7. The third-order valence-corrected chi connectivity index (χ3v) is 5.14. The monoisotopic (exact) mass is 414 g/mol. The van der Waals surface area contributed by atoms with Gasteiger partial charge in [0.2, 0.25) is 10.0 Å². The van der Waals surface area contributed by atoms with Crippen LogP contribution in [0.15, 0.2) is 23.1 Å². The van der Waals surface area contributed by atoms with Crippen LogP contribution in [0.25, 0.3) is 0 Å². The van der Waals surface area contributed by atoms with Gasteiger partial charge >= 0.3 is 5.97 Å². The number of esters is 1. The molecular weight excluding hydrogens is 396 g/mol. The van der Waals surface area contributed by atoms with Gasteiger partial charge in [-0.3, -0.25) is 9.48 Å². The SMILES string of the molecule is Cc1nn(C)c(C)c1NC(=O)[C@H](C)OC(=O)c1cc(S(N)(=O)=O)ccc1Cl. The van der Waals surface area contributed by atoms with Gasteiger partial charge in [-0.25, -0.2) is 18.4 Å². The maximum Gasteiger partial charge on any atom is 0.340 e. The number of carbonyl (C=O) groups excluding carboxylic acids is 2. The quantitative estimate of drug-likeness (QED) is 0.712. The topological polar surface area (TPSA) is 133 Å². The molecule has 0 spiro atoms. The number of rotatable bonds is 5. The van der Waals surface area contributed by atoms with Crippen molar-refractivity contribution in [2.45, 2.75) is 31.8 Å². The summed E-state index contributed by atoms with van der Waals surface area (Å²) in [7, 11) is -2.29. The molecule has 9 nitrogen and oxygen atoms in total. The molecule has 1 atom stereocenters. The molecule has 11 heteroatoms. The first-order valence-corrected chi connectivity index (χ1v) is 9.68. The number of carbonyl (C=O) groups is 2. The van der Waals surface area contributed by atoms with Gasteiger partial charge < -0.3 is 10.1 Å². The summed E-state index contributed by atoms with van der Waals surface area (Å²) in [5.74, 6) is -1.52. The first kappa shape index (κ1) is 20.9. The number of nitrogens with two attached hydrogens (primary N) is 1. The van der Waals surface area contributed by atoms with E-state index in [2.05, 4.69) is 10.4 Å². The standard InChI is InChI=1S/C16H19ClN4O5S/c1-8-14(9(2)21(4)20-8)19-15(22)10(3)26-16(23)12-7-11(27(18,24)25)5-6-13(12)17/h5-7,10H,1-4H3,(H,19,22)(H2,18,24,25)/t10-/m0/s1. The number of amides is 1. The average Bonchev–Trinajstić information content (AvgIpc) is 2.80. The fourth-order valence-electron chi connectivity index (χ4n) is 2.29. The Labute approximate surface area is 161 Å². The number of benzene rings is 1. The molecule has 0 saturated carbocycles. The predicted octanol–water partition coefficient (Wildman–Crippen LogP) is 1.52. The normalized spacial score (nSPS) is 12.5. The fourth-order valence-corrected chi connectivity index (χ4v) is 3.03. The minimum Gasteiger partial charge on any atom is -0.449 e. The van der Waals surface area contributed by atoms with Crippen LogP contribution in [0.2, 0.25) is 5.02 Å². The largest absolute Gasteiger partial charge is 0.449 e. The van der Waals surface area contributed by atoms with Crippen molar-refractivity contribution in [2.75, 3.05) is 5.32 Å². The van der Waals surface area contributed by atoms with Crippen LogP contribution in [0.5, 0.6) is 0 Å². The van der Waals surface area contributed by atoms with E-state index in [-0.39, 0.29) is 15.5 Å². The maximum atomic E-state index is 12.3. The molecule has 27 heavy (non-hydrogen) atoms. The van der Waals surface area contributed by atoms with Gasteiger partial charge in [-0.2, -0.15) is 5.10 Å². The van der Waals surface area contributed by atoms with E-state index in [4.69, 9.17) is 21.5 Å². The second-order valence-corrected chi connectivity index (χ2v) is 7.86. The fraction of sp³-hybridized carbons (Fsp3) is 0.312. The molecule has 3 N–H and O–H groups in total. The lowest BCUT2D eigenvalue weighted by Gasteiger charge is -2.14. The van der Waals surface area contributed by atoms with E-state index < -0.39 is 28.0 Å². The summed E-state index contributed by atoms with van der Waals surface area (Å²) in [5.41, 5.74) is 1.67. The molecule has 0 fully saturated rings. The van der Waals surface area contributed by atoms with Gasteiger partial charge in [-0.1, -0.05) is 11.6 Å². The lowest BCUT2D eigenvalue weighted by Crippen LogP contribution is -2.30. The molecule has 0 radical (unpaired) electrons. The molecule has 1 heterocycles. The number of halogens is 1. The van der Waals surface area contributed by atoms with Crippen molar-refractivity contribution < 1.29 is 22.7 Å². The Morgan fingerprint density at radius 1 is 1.33 bits per heavy atom. The zero-order valence-electron chi connectivity index (χ0n) is 15.1. The van der Waals surface area contributed by atoms with Gasteiger partial charge in [-0.15, -0.1) is 0 Å². The van der Waals surface area contributed by atoms with Crippen molar-refractivity contribution in [3.8, 4) is 0 Å². The van der Waals surface area contributed by atoms with Gasteiger partial charge in [0.1, 0.15) is 0 Å². The number of nitrogens with one attached hydrogen (secondary N) is 1. The summed E-state index contributed by atoms with van der Waals surface area (Å²) >= 11 is 5.93. The molecule has 1 aromatic heterocycles. The molecular formula is C16H19ClN4O5S. The van der Waals surface area contributed by atoms with E-state index in [1.165, 1.54) is 19.1 Å². The first-order valence-electron chi connectivity index (χ1n) is 7.76. The lowest BCUT2D eigenvalue weighted by molar-refractivity contribution is -0.123. The van der Waals surface area contributed by atoms with Crippen LogP contribution < -0.4 is 10.5 Å². The molecule has 0 aliphatic carbocycles. The minimum atomic E-state index is -4.02. The summed E-state index contributed by atoms with van der Waals surface area (Å²) in [4.78, 5) is 24.3. The molecule has 2 rings (SSSR count). The minimum absolute atomic E-state index is 0.0287. The number of anilines is 1. The van der Waals surface area contributed by atoms with Crippen LogP contribution in [0.1, 0.15) is 28.7 Å². The zero-order chi connectivity index (χ0) is 20.5. The van der Waals surface area contributed by atoms with Gasteiger partial charge in [0, 0.05) is 7.05 Å². The summed E-state index contributed by atoms with van der Waals surface area (Å²) in [6.45, 7) is 4.90. The lowest BCUT2D eigenvalue weighted by atomic mass is 10.2. The third-order valence-electron chi connectivity index (χ3n) is 3.90. The Morgan fingerprint density at radius 3 is 2.48 bits per heavy atom. The number of aromatic nitrogens is 2. The molecule has 0 unspecified atom stereocenters. The van der Waals surface area contributed by atoms with E-state index in [0.29, 0.717) is 11.4 Å². The van der Waals surface area contributed by atoms with E-state index in [1.54, 1.807) is 25.6 Å². The smallest absolute Gasteiger partial charge is 0.340 e. The highest BCUT2D eigenvalue weighted by molar-refractivity contribution is 7.89. The highest BCUT2D eigenvalue weighted by Crippen LogP contribution is 2.22. The van der Waals surface area contributed by atoms with Crippen LogP contribution in [0.3, 0.4) is 0 Å². The van der Waals surface area contributed by atoms with Crippen molar-refractivity contribution in [3.05, 3.63) is 40.2 Å². The van der Waals surface area contributed by atoms with Crippen LogP contribution in [-0.2, 0) is 26.6 Å². The molecule has 1 amide bonds. The summed E-state index contributed by atoms with van der Waals surface area (Å²) in [6.07, 6.45) is -1.16. The molecule has 0 aliphatic heterocycles. The van der Waals surface area contributed by atoms with Crippen LogP contribution in [0.4, 0.5) is 5.69 Å². The Morgan fingerprint density at radius 2 is 1.96 bits per heavy atom. The number of ether oxygens (including phenoxy) is 1. The second-order valence-electron chi connectivity index (χ2n) is 5.89. The molecule has 0 bridgehead atoms. The van der Waals surface area contributed by atoms with E-state index in [9.17, 15) is 18.0 Å². The van der Waals surface area contributed by atoms with Crippen LogP contribution in [-0.4, -0.2) is 36.2 Å². The predicted molar refractivity (Wildman–Crippen MR) is 99.0 cm³/mol. The van der Waals surface area contributed by atoms with Crippen LogP contribution >= 0.6 is 11.6 Å². The molecule has 0 saturated heterocycles. The molecule has 2 aromatic rings. The molecule has 146 valence electrons. The third kappa shape index (κ3) is 4.65. The number of aryl methyl sites for hydroxylation is 2. The van der Waals surface area contributed by atoms with Crippen molar-refractivity contribution in [1.29, 1.82) is 0 Å². The van der Waals surface area contributed by atoms with Crippen molar-refractivity contribution in [1.82, 2.24) is 9.78 Å². The highest BCUT2D eigenvalue weighted by atomic mass is 35.5. The molecule has 0 aliphatic rings. The summed E-state index contributed by atoms with van der Waals surface area (Å²) in [5, 5.41) is 11.9. The van der Waals surface area contributed by atoms with Crippen molar-refractivity contribution >= 4 is 39.2 Å².